The van der Waals surface area contributed by atoms with Gasteiger partial charge in [-0.2, -0.15) is 4.98 Å². The summed E-state index contributed by atoms with van der Waals surface area (Å²) in [5, 5.41) is 0. The van der Waals surface area contributed by atoms with Crippen LogP contribution >= 0.6 is 0 Å². The van der Waals surface area contributed by atoms with Crippen LogP contribution in [0, 0.1) is 0 Å². The number of nitrogens with zero attached hydrogens (tertiary/aromatic N) is 2. The average molecular weight is 269 g/mol. The normalized spacial score (nSPS) is 14.1. The standard InChI is InChI=1S/C16H19N3O/c1-20-16-4-2-3-15(18-16)19(14-9-10-14)11-12-5-7-13(17)8-6-12/h2-8,14H,9-11,17H2,1H3. The van der Waals surface area contributed by atoms with Crippen LogP contribution in [0.15, 0.2) is 42.5 Å². The molecule has 0 amide bonds. The van der Waals surface area contributed by atoms with Crippen molar-refractivity contribution in [2.75, 3.05) is 17.7 Å². The topological polar surface area (TPSA) is 51.4 Å². The second-order valence-electron chi connectivity index (χ2n) is 5.14. The van der Waals surface area contributed by atoms with Crippen molar-refractivity contribution in [2.45, 2.75) is 25.4 Å². The summed E-state index contributed by atoms with van der Waals surface area (Å²) >= 11 is 0. The van der Waals surface area contributed by atoms with Crippen molar-refractivity contribution in [3.05, 3.63) is 48.0 Å². The number of pyridine rings is 1. The highest BCUT2D eigenvalue weighted by Crippen LogP contribution is 2.32. The first kappa shape index (κ1) is 12.8. The van der Waals surface area contributed by atoms with Gasteiger partial charge in [0.2, 0.25) is 5.88 Å². The Hall–Kier alpha value is -2.23. The predicted molar refractivity (Wildman–Crippen MR) is 80.8 cm³/mol. The lowest BCUT2D eigenvalue weighted by molar-refractivity contribution is 0.397. The first-order valence-corrected chi connectivity index (χ1v) is 6.88. The van der Waals surface area contributed by atoms with Crippen molar-refractivity contribution in [1.82, 2.24) is 4.98 Å². The van der Waals surface area contributed by atoms with Gasteiger partial charge in [0.1, 0.15) is 5.82 Å². The van der Waals surface area contributed by atoms with E-state index in [1.165, 1.54) is 18.4 Å². The van der Waals surface area contributed by atoms with Crippen LogP contribution in [0.4, 0.5) is 11.5 Å². The van der Waals surface area contributed by atoms with Gasteiger partial charge in [-0.25, -0.2) is 0 Å². The molecular formula is C16H19N3O. The molecule has 2 N–H and O–H groups in total. The third kappa shape index (κ3) is 2.85. The highest BCUT2D eigenvalue weighted by molar-refractivity contribution is 5.46. The predicted octanol–water partition coefficient (Wildman–Crippen LogP) is 2.84. The summed E-state index contributed by atoms with van der Waals surface area (Å²) in [4.78, 5) is 6.89. The van der Waals surface area contributed by atoms with Crippen molar-refractivity contribution >= 4 is 11.5 Å². The fourth-order valence-corrected chi connectivity index (χ4v) is 2.28. The lowest BCUT2D eigenvalue weighted by atomic mass is 10.2. The smallest absolute Gasteiger partial charge is 0.214 e. The Balaban J connectivity index is 1.83. The zero-order valence-corrected chi connectivity index (χ0v) is 11.6. The molecule has 0 atom stereocenters. The Morgan fingerprint density at radius 1 is 1.20 bits per heavy atom. The van der Waals surface area contributed by atoms with Crippen molar-refractivity contribution in [2.24, 2.45) is 0 Å². The largest absolute Gasteiger partial charge is 0.481 e. The molecule has 1 aromatic carbocycles. The number of anilines is 2. The van der Waals surface area contributed by atoms with Crippen molar-refractivity contribution in [3.63, 3.8) is 0 Å². The molecule has 1 aliphatic carbocycles. The number of methoxy groups -OCH3 is 1. The molecule has 0 unspecified atom stereocenters. The molecule has 104 valence electrons. The average Bonchev–Trinajstić information content (AvgIpc) is 3.31. The fourth-order valence-electron chi connectivity index (χ4n) is 2.28. The molecule has 2 aromatic rings. The van der Waals surface area contributed by atoms with E-state index in [4.69, 9.17) is 10.5 Å². The van der Waals surface area contributed by atoms with Crippen molar-refractivity contribution in [1.29, 1.82) is 0 Å². The van der Waals surface area contributed by atoms with Crippen LogP contribution in [0.3, 0.4) is 0 Å². The Morgan fingerprint density at radius 2 is 1.95 bits per heavy atom. The maximum absolute atomic E-state index is 5.74. The molecule has 4 nitrogen and oxygen atoms in total. The van der Waals surface area contributed by atoms with Gasteiger partial charge in [-0.1, -0.05) is 18.2 Å². The third-order valence-corrected chi connectivity index (χ3v) is 3.53. The third-order valence-electron chi connectivity index (χ3n) is 3.53. The SMILES string of the molecule is COc1cccc(N(Cc2ccc(N)cc2)C2CC2)n1. The monoisotopic (exact) mass is 269 g/mol. The molecule has 1 aromatic heterocycles. The van der Waals surface area contributed by atoms with Gasteiger partial charge in [-0.3, -0.25) is 0 Å². The Morgan fingerprint density at radius 3 is 2.60 bits per heavy atom. The minimum Gasteiger partial charge on any atom is -0.481 e. The molecule has 1 saturated carbocycles. The highest BCUT2D eigenvalue weighted by atomic mass is 16.5. The number of rotatable bonds is 5. The minimum atomic E-state index is 0.590. The minimum absolute atomic E-state index is 0.590. The lowest BCUT2D eigenvalue weighted by Crippen LogP contribution is -2.26. The molecule has 3 rings (SSSR count). The molecule has 0 spiro atoms. The summed E-state index contributed by atoms with van der Waals surface area (Å²) in [5.74, 6) is 1.63. The van der Waals surface area contributed by atoms with Gasteiger partial charge in [0, 0.05) is 24.3 Å². The summed E-state index contributed by atoms with van der Waals surface area (Å²) in [6, 6.07) is 14.5. The van der Waals surface area contributed by atoms with E-state index in [2.05, 4.69) is 22.0 Å². The van der Waals surface area contributed by atoms with Gasteiger partial charge < -0.3 is 15.4 Å². The second kappa shape index (κ2) is 5.41. The van der Waals surface area contributed by atoms with E-state index in [0.29, 0.717) is 11.9 Å². The van der Waals surface area contributed by atoms with E-state index in [1.54, 1.807) is 7.11 Å². The molecule has 1 heterocycles. The quantitative estimate of drug-likeness (QED) is 0.848. The number of nitrogens with two attached hydrogens (primary N) is 1. The van der Waals surface area contributed by atoms with E-state index in [0.717, 1.165) is 18.1 Å². The van der Waals surface area contributed by atoms with Gasteiger partial charge in [0.25, 0.3) is 0 Å². The zero-order chi connectivity index (χ0) is 13.9. The van der Waals surface area contributed by atoms with Gasteiger partial charge in [-0.05, 0) is 36.6 Å². The second-order valence-corrected chi connectivity index (χ2v) is 5.14. The number of nitrogen functional groups attached to an aromatic ring is 1. The maximum Gasteiger partial charge on any atom is 0.214 e. The summed E-state index contributed by atoms with van der Waals surface area (Å²) in [5.41, 5.74) is 7.78. The molecule has 4 heteroatoms. The van der Waals surface area contributed by atoms with Crippen LogP contribution in [-0.4, -0.2) is 18.1 Å². The van der Waals surface area contributed by atoms with Gasteiger partial charge in [0.15, 0.2) is 0 Å². The Labute approximate surface area is 119 Å². The summed E-state index contributed by atoms with van der Waals surface area (Å²) in [7, 11) is 1.65. The number of ether oxygens (including phenoxy) is 1. The molecule has 0 saturated heterocycles. The van der Waals surface area contributed by atoms with Crippen LogP contribution in [-0.2, 0) is 6.54 Å². The van der Waals surface area contributed by atoms with Crippen molar-refractivity contribution < 1.29 is 4.74 Å². The van der Waals surface area contributed by atoms with Crippen molar-refractivity contribution in [3.8, 4) is 5.88 Å². The van der Waals surface area contributed by atoms with Gasteiger partial charge in [-0.15, -0.1) is 0 Å². The van der Waals surface area contributed by atoms with E-state index in [9.17, 15) is 0 Å². The summed E-state index contributed by atoms with van der Waals surface area (Å²) in [6.07, 6.45) is 2.46. The highest BCUT2D eigenvalue weighted by Gasteiger charge is 2.30. The van der Waals surface area contributed by atoms with Crippen LogP contribution in [0.1, 0.15) is 18.4 Å². The van der Waals surface area contributed by atoms with E-state index < -0.39 is 0 Å². The van der Waals surface area contributed by atoms with Crippen LogP contribution in [0.25, 0.3) is 0 Å². The molecule has 0 radical (unpaired) electrons. The van der Waals surface area contributed by atoms with E-state index >= 15 is 0 Å². The molecule has 1 fully saturated rings. The van der Waals surface area contributed by atoms with Crippen LogP contribution in [0.2, 0.25) is 0 Å². The lowest BCUT2D eigenvalue weighted by Gasteiger charge is -2.24. The molecule has 20 heavy (non-hydrogen) atoms. The molecule has 0 aliphatic heterocycles. The maximum atomic E-state index is 5.74. The first-order valence-electron chi connectivity index (χ1n) is 6.88. The summed E-state index contributed by atoms with van der Waals surface area (Å²) in [6.45, 7) is 0.852. The van der Waals surface area contributed by atoms with Crippen LogP contribution in [0.5, 0.6) is 5.88 Å². The summed E-state index contributed by atoms with van der Waals surface area (Å²) < 4.78 is 5.22. The van der Waals surface area contributed by atoms with Crippen LogP contribution < -0.4 is 15.4 Å². The van der Waals surface area contributed by atoms with Gasteiger partial charge >= 0.3 is 0 Å². The van der Waals surface area contributed by atoms with E-state index in [1.807, 2.05) is 30.3 Å². The number of aromatic nitrogens is 1. The zero-order valence-electron chi connectivity index (χ0n) is 11.6. The molecular weight excluding hydrogens is 250 g/mol. The fraction of sp³-hybridized carbons (Fsp3) is 0.312. The molecule has 1 aliphatic rings. The van der Waals surface area contributed by atoms with E-state index in [-0.39, 0.29) is 0 Å². The Kier molecular flexibility index (Phi) is 3.46. The molecule has 0 bridgehead atoms. The Bertz CT molecular complexity index is 579. The number of benzene rings is 1. The first-order chi connectivity index (χ1) is 9.76. The number of hydrogen-bond acceptors (Lipinski definition) is 4. The van der Waals surface area contributed by atoms with Gasteiger partial charge in [0.05, 0.1) is 7.11 Å². The number of hydrogen-bond donors (Lipinski definition) is 1.